The van der Waals surface area contributed by atoms with Crippen molar-refractivity contribution in [1.82, 2.24) is 5.43 Å². The van der Waals surface area contributed by atoms with E-state index in [-0.39, 0.29) is 5.11 Å². The summed E-state index contributed by atoms with van der Waals surface area (Å²) < 4.78 is 5.81. The van der Waals surface area contributed by atoms with Gasteiger partial charge in [-0.2, -0.15) is 0 Å². The van der Waals surface area contributed by atoms with E-state index in [9.17, 15) is 0 Å². The fourth-order valence-corrected chi connectivity index (χ4v) is 1.84. The molecule has 0 aromatic heterocycles. The van der Waals surface area contributed by atoms with Crippen LogP contribution in [0.25, 0.3) is 0 Å². The molecule has 2 aromatic carbocycles. The van der Waals surface area contributed by atoms with Crippen molar-refractivity contribution in [1.29, 1.82) is 0 Å². The largest absolute Gasteiger partial charge is 0.488 e. The number of benzene rings is 2. The standard InChI is InChI=1S/C15H14ClN3OS/c16-13-7-5-11(6-8-13)10-20-14-4-2-1-3-12(14)9-18-19-15(17)21/h1-9H,10H2,(H3,17,19,21)/p+1. The molecule has 0 radical (unpaired) electrons. The van der Waals surface area contributed by atoms with E-state index in [0.717, 1.165) is 16.9 Å². The Balaban J connectivity index is 2.04. The second-order valence-electron chi connectivity index (χ2n) is 4.23. The number of nitrogens with one attached hydrogen (secondary N) is 2. The molecule has 0 spiro atoms. The van der Waals surface area contributed by atoms with E-state index >= 15 is 0 Å². The van der Waals surface area contributed by atoms with Gasteiger partial charge in [-0.1, -0.05) is 35.9 Å². The summed E-state index contributed by atoms with van der Waals surface area (Å²) in [6.45, 7) is 0.463. The minimum absolute atomic E-state index is 0.172. The number of halogens is 1. The Morgan fingerprint density at radius 1 is 1.24 bits per heavy atom. The minimum Gasteiger partial charge on any atom is -0.488 e. The van der Waals surface area contributed by atoms with Crippen LogP contribution in [0.2, 0.25) is 5.02 Å². The SMILES string of the molecule is NC(=S)N[NH+]=Cc1ccccc1OCc1ccc(Cl)cc1. The van der Waals surface area contributed by atoms with Crippen LogP contribution in [0.3, 0.4) is 0 Å². The molecule has 2 rings (SSSR count). The summed E-state index contributed by atoms with van der Waals surface area (Å²) in [7, 11) is 0. The van der Waals surface area contributed by atoms with Gasteiger partial charge in [0.25, 0.3) is 0 Å². The molecule has 0 aliphatic rings. The normalized spacial score (nSPS) is 10.5. The molecule has 4 N–H and O–H groups in total. The Labute approximate surface area is 133 Å². The van der Waals surface area contributed by atoms with Gasteiger partial charge in [0, 0.05) is 5.02 Å². The first kappa shape index (κ1) is 15.3. The van der Waals surface area contributed by atoms with E-state index < -0.39 is 0 Å². The first-order chi connectivity index (χ1) is 10.1. The van der Waals surface area contributed by atoms with Crippen LogP contribution >= 0.6 is 23.8 Å². The van der Waals surface area contributed by atoms with Crippen molar-refractivity contribution in [3.8, 4) is 5.75 Å². The Morgan fingerprint density at radius 3 is 2.67 bits per heavy atom. The second-order valence-corrected chi connectivity index (χ2v) is 5.11. The molecule has 0 bridgehead atoms. The number of ether oxygens (including phenoxy) is 1. The highest BCUT2D eigenvalue weighted by molar-refractivity contribution is 7.80. The summed E-state index contributed by atoms with van der Waals surface area (Å²) in [5, 5.41) is 3.69. The lowest BCUT2D eigenvalue weighted by molar-refractivity contribution is -0.499. The lowest BCUT2D eigenvalue weighted by Gasteiger charge is -2.08. The number of rotatable bonds is 5. The van der Waals surface area contributed by atoms with Crippen molar-refractivity contribution >= 4 is 35.1 Å². The van der Waals surface area contributed by atoms with E-state index in [1.807, 2.05) is 48.5 Å². The van der Waals surface area contributed by atoms with Crippen LogP contribution in [-0.4, -0.2) is 11.3 Å². The molecule has 6 heteroatoms. The van der Waals surface area contributed by atoms with Crippen molar-refractivity contribution in [2.45, 2.75) is 6.61 Å². The zero-order valence-corrected chi connectivity index (χ0v) is 12.7. The molecule has 21 heavy (non-hydrogen) atoms. The van der Waals surface area contributed by atoms with E-state index in [2.05, 4.69) is 10.5 Å². The summed E-state index contributed by atoms with van der Waals surface area (Å²) in [5.74, 6) is 0.754. The molecule has 0 aliphatic heterocycles. The Bertz CT molecular complexity index is 644. The molecule has 0 heterocycles. The topological polar surface area (TPSA) is 61.2 Å². The first-order valence-electron chi connectivity index (χ1n) is 6.25. The predicted octanol–water partition coefficient (Wildman–Crippen LogP) is 1.17. The summed E-state index contributed by atoms with van der Waals surface area (Å²) in [6, 6.07) is 15.2. The predicted molar refractivity (Wildman–Crippen MR) is 88.3 cm³/mol. The van der Waals surface area contributed by atoms with Crippen molar-refractivity contribution in [2.24, 2.45) is 5.73 Å². The van der Waals surface area contributed by atoms with Crippen LogP contribution in [0.5, 0.6) is 5.75 Å². The maximum absolute atomic E-state index is 5.86. The van der Waals surface area contributed by atoms with E-state index in [1.165, 1.54) is 0 Å². The monoisotopic (exact) mass is 320 g/mol. The third kappa shape index (κ3) is 5.06. The highest BCUT2D eigenvalue weighted by Gasteiger charge is 2.04. The van der Waals surface area contributed by atoms with Gasteiger partial charge in [-0.3, -0.25) is 0 Å². The van der Waals surface area contributed by atoms with Gasteiger partial charge in [0.1, 0.15) is 12.4 Å². The van der Waals surface area contributed by atoms with Crippen LogP contribution in [-0.2, 0) is 6.61 Å². The molecule has 0 atom stereocenters. The van der Waals surface area contributed by atoms with Crippen LogP contribution in [0.1, 0.15) is 11.1 Å². The fourth-order valence-electron chi connectivity index (χ4n) is 1.66. The van der Waals surface area contributed by atoms with Crippen molar-refractivity contribution in [3.05, 3.63) is 64.7 Å². The van der Waals surface area contributed by atoms with Crippen LogP contribution in [0.15, 0.2) is 48.5 Å². The summed E-state index contributed by atoms with van der Waals surface area (Å²) in [5.41, 5.74) is 9.90. The lowest BCUT2D eigenvalue weighted by atomic mass is 10.2. The first-order valence-corrected chi connectivity index (χ1v) is 7.04. The number of para-hydroxylation sites is 1. The van der Waals surface area contributed by atoms with Gasteiger partial charge in [0.05, 0.1) is 5.56 Å². The van der Waals surface area contributed by atoms with Gasteiger partial charge < -0.3 is 10.5 Å². The summed E-state index contributed by atoms with van der Waals surface area (Å²) >= 11 is 10.6. The number of nitrogens with two attached hydrogens (primary N) is 1. The van der Waals surface area contributed by atoms with Crippen LogP contribution in [0, 0.1) is 0 Å². The molecular weight excluding hydrogens is 306 g/mol. The van der Waals surface area contributed by atoms with Crippen LogP contribution in [0.4, 0.5) is 0 Å². The maximum atomic E-state index is 5.86. The van der Waals surface area contributed by atoms with Gasteiger partial charge in [-0.05, 0) is 42.0 Å². The number of hydrogen-bond acceptors (Lipinski definition) is 2. The maximum Gasteiger partial charge on any atom is 0.221 e. The quantitative estimate of drug-likeness (QED) is 0.440. The molecule has 4 nitrogen and oxygen atoms in total. The molecule has 108 valence electrons. The average Bonchev–Trinajstić information content (AvgIpc) is 2.47. The van der Waals surface area contributed by atoms with E-state index in [0.29, 0.717) is 11.6 Å². The zero-order valence-electron chi connectivity index (χ0n) is 11.2. The number of thiocarbonyl (C=S) groups is 1. The second kappa shape index (κ2) is 7.61. The fraction of sp³-hybridized carbons (Fsp3) is 0.0667. The molecular formula is C15H15ClN3OS+. The molecule has 0 amide bonds. The Kier molecular flexibility index (Phi) is 5.54. The van der Waals surface area contributed by atoms with Gasteiger partial charge in [-0.25, -0.2) is 0 Å². The summed E-state index contributed by atoms with van der Waals surface area (Å²) in [6.07, 6.45) is 1.73. The Hall–Kier alpha value is -2.11. The summed E-state index contributed by atoms with van der Waals surface area (Å²) in [4.78, 5) is 0. The molecule has 0 saturated heterocycles. The molecule has 0 unspecified atom stereocenters. The minimum atomic E-state index is 0.172. The number of hydrazine groups is 1. The zero-order chi connectivity index (χ0) is 15.1. The molecule has 2 aromatic rings. The highest BCUT2D eigenvalue weighted by atomic mass is 35.5. The van der Waals surface area contributed by atoms with Gasteiger partial charge in [0.15, 0.2) is 0 Å². The Morgan fingerprint density at radius 2 is 1.95 bits per heavy atom. The highest BCUT2D eigenvalue weighted by Crippen LogP contribution is 2.17. The van der Waals surface area contributed by atoms with Gasteiger partial charge >= 0.3 is 0 Å². The van der Waals surface area contributed by atoms with Crippen molar-refractivity contribution in [2.75, 3.05) is 0 Å². The lowest BCUT2D eigenvalue weighted by Crippen LogP contribution is -2.82. The van der Waals surface area contributed by atoms with Crippen molar-refractivity contribution < 1.29 is 9.84 Å². The van der Waals surface area contributed by atoms with E-state index in [4.69, 9.17) is 34.3 Å². The van der Waals surface area contributed by atoms with E-state index in [1.54, 1.807) is 6.21 Å². The van der Waals surface area contributed by atoms with Gasteiger partial charge in [0.2, 0.25) is 11.3 Å². The van der Waals surface area contributed by atoms with Crippen LogP contribution < -0.4 is 21.0 Å². The molecule has 0 aliphatic carbocycles. The molecule has 0 fully saturated rings. The van der Waals surface area contributed by atoms with Crippen molar-refractivity contribution in [3.63, 3.8) is 0 Å². The molecule has 0 saturated carbocycles. The number of hydrazone groups is 1. The van der Waals surface area contributed by atoms with Gasteiger partial charge in [-0.15, -0.1) is 10.5 Å². The third-order valence-electron chi connectivity index (χ3n) is 2.65. The third-order valence-corrected chi connectivity index (χ3v) is 3.00. The number of hydrogen-bond donors (Lipinski definition) is 3. The smallest absolute Gasteiger partial charge is 0.221 e. The average molecular weight is 321 g/mol.